The average molecular weight is 479 g/mol. The van der Waals surface area contributed by atoms with E-state index in [4.69, 9.17) is 0 Å². The molecule has 0 amide bonds. The number of benzene rings is 2. The van der Waals surface area contributed by atoms with Gasteiger partial charge in [0, 0.05) is 58.3 Å². The smallest absolute Gasteiger partial charge is 0.197 e. The van der Waals surface area contributed by atoms with Gasteiger partial charge in [-0.05, 0) is 41.5 Å². The largest absolute Gasteiger partial charge is 0.333 e. The van der Waals surface area contributed by atoms with Gasteiger partial charge in [-0.3, -0.25) is 9.78 Å². The molecule has 0 N–H and O–H groups in total. The van der Waals surface area contributed by atoms with Gasteiger partial charge in [0.1, 0.15) is 17.7 Å². The van der Waals surface area contributed by atoms with Crippen LogP contribution in [-0.2, 0) is 12.3 Å². The SMILES string of the molecule is N#CCn1cc(C(=O)c2ccn3c2CSC3c2cccnc2)c2ccc(-c3ccc(F)cc3)cc21. The third kappa shape index (κ3) is 3.63. The lowest BCUT2D eigenvalue weighted by Crippen LogP contribution is -2.05. The van der Waals surface area contributed by atoms with E-state index in [-0.39, 0.29) is 23.5 Å². The van der Waals surface area contributed by atoms with Crippen molar-refractivity contribution < 1.29 is 9.18 Å². The van der Waals surface area contributed by atoms with E-state index in [0.717, 1.165) is 39.0 Å². The Bertz CT molecular complexity index is 1610. The van der Waals surface area contributed by atoms with Crippen LogP contribution in [0.25, 0.3) is 22.0 Å². The van der Waals surface area contributed by atoms with Gasteiger partial charge in [0.15, 0.2) is 5.78 Å². The maximum absolute atomic E-state index is 13.8. The van der Waals surface area contributed by atoms with Crippen molar-refractivity contribution in [2.45, 2.75) is 17.7 Å². The second-order valence-corrected chi connectivity index (χ2v) is 9.50. The van der Waals surface area contributed by atoms with Crippen molar-refractivity contribution in [3.8, 4) is 17.2 Å². The van der Waals surface area contributed by atoms with Crippen molar-refractivity contribution in [1.82, 2.24) is 14.1 Å². The molecule has 35 heavy (non-hydrogen) atoms. The molecule has 4 heterocycles. The van der Waals surface area contributed by atoms with Crippen LogP contribution in [0.2, 0.25) is 0 Å². The molecule has 0 radical (unpaired) electrons. The fourth-order valence-corrected chi connectivity index (χ4v) is 6.03. The molecule has 7 heteroatoms. The van der Waals surface area contributed by atoms with Gasteiger partial charge in [-0.1, -0.05) is 30.3 Å². The molecule has 5 aromatic rings. The minimum absolute atomic E-state index is 0.0533. The number of pyridine rings is 1. The Kier molecular flexibility index (Phi) is 5.24. The molecule has 6 rings (SSSR count). The molecule has 0 aliphatic carbocycles. The van der Waals surface area contributed by atoms with Gasteiger partial charge in [-0.2, -0.15) is 5.26 Å². The van der Waals surface area contributed by atoms with Crippen LogP contribution >= 0.6 is 11.8 Å². The number of carbonyl (C=O) groups excluding carboxylic acids is 1. The summed E-state index contributed by atoms with van der Waals surface area (Å²) in [5.41, 5.74) is 5.93. The normalized spacial score (nSPS) is 14.7. The van der Waals surface area contributed by atoms with Gasteiger partial charge < -0.3 is 9.13 Å². The Hall–Kier alpha value is -4.15. The summed E-state index contributed by atoms with van der Waals surface area (Å²) in [6.07, 6.45) is 7.37. The molecule has 1 unspecified atom stereocenters. The first kappa shape index (κ1) is 21.4. The zero-order valence-corrected chi connectivity index (χ0v) is 19.4. The minimum atomic E-state index is -0.292. The molecule has 1 aliphatic rings. The molecule has 3 aromatic heterocycles. The summed E-state index contributed by atoms with van der Waals surface area (Å²) in [7, 11) is 0. The zero-order valence-electron chi connectivity index (χ0n) is 18.6. The monoisotopic (exact) mass is 478 g/mol. The predicted octanol–water partition coefficient (Wildman–Crippen LogP) is 6.19. The molecule has 2 aromatic carbocycles. The molecule has 0 fully saturated rings. The molecule has 1 aliphatic heterocycles. The molecule has 0 bridgehead atoms. The number of halogens is 1. The van der Waals surface area contributed by atoms with Crippen molar-refractivity contribution in [2.24, 2.45) is 0 Å². The Balaban J connectivity index is 1.41. The molecule has 0 spiro atoms. The van der Waals surface area contributed by atoms with E-state index in [9.17, 15) is 14.4 Å². The van der Waals surface area contributed by atoms with E-state index in [0.29, 0.717) is 11.1 Å². The van der Waals surface area contributed by atoms with E-state index < -0.39 is 0 Å². The van der Waals surface area contributed by atoms with Gasteiger partial charge >= 0.3 is 0 Å². The van der Waals surface area contributed by atoms with Gasteiger partial charge in [0.2, 0.25) is 0 Å². The van der Waals surface area contributed by atoms with Crippen molar-refractivity contribution in [3.05, 3.63) is 114 Å². The number of rotatable bonds is 5. The first-order chi connectivity index (χ1) is 17.1. The van der Waals surface area contributed by atoms with Gasteiger partial charge in [0.25, 0.3) is 0 Å². The number of hydrogen-bond acceptors (Lipinski definition) is 4. The first-order valence-electron chi connectivity index (χ1n) is 11.2. The quantitative estimate of drug-likeness (QED) is 0.283. The number of aromatic nitrogens is 3. The fourth-order valence-electron chi connectivity index (χ4n) is 4.72. The fraction of sp³-hybridized carbons (Fsp3) is 0.107. The molecular formula is C28H19FN4OS. The van der Waals surface area contributed by atoms with Crippen LogP contribution in [0.4, 0.5) is 4.39 Å². The van der Waals surface area contributed by atoms with Crippen molar-refractivity contribution in [1.29, 1.82) is 5.26 Å². The highest BCUT2D eigenvalue weighted by Crippen LogP contribution is 2.42. The molecule has 1 atom stereocenters. The van der Waals surface area contributed by atoms with Crippen LogP contribution in [0.1, 0.15) is 32.6 Å². The standard InChI is InChI=1S/C28H19FN4OS/c29-21-6-3-18(4-7-21)19-5-8-22-24(16-32(13-10-30)25(22)14-19)27(34)23-9-12-33-26(23)17-35-28(33)20-2-1-11-31-15-20/h1-9,11-12,14-16,28H,13,17H2. The number of thioether (sulfide) groups is 1. The average Bonchev–Trinajstić information content (AvgIpc) is 3.59. The molecule has 0 saturated carbocycles. The van der Waals surface area contributed by atoms with Crippen LogP contribution < -0.4 is 0 Å². The molecular weight excluding hydrogens is 459 g/mol. The summed E-state index contributed by atoms with van der Waals surface area (Å²) in [5.74, 6) is 0.390. The lowest BCUT2D eigenvalue weighted by Gasteiger charge is -2.11. The van der Waals surface area contributed by atoms with E-state index in [1.165, 1.54) is 12.1 Å². The number of fused-ring (bicyclic) bond motifs is 2. The first-order valence-corrected chi connectivity index (χ1v) is 12.2. The number of ketones is 1. The topological polar surface area (TPSA) is 63.6 Å². The Labute approximate surface area is 205 Å². The zero-order chi connectivity index (χ0) is 23.9. The molecule has 170 valence electrons. The van der Waals surface area contributed by atoms with Crippen LogP contribution in [0.15, 0.2) is 85.5 Å². The maximum Gasteiger partial charge on any atom is 0.197 e. The molecule has 5 nitrogen and oxygen atoms in total. The van der Waals surface area contributed by atoms with Gasteiger partial charge in [-0.25, -0.2) is 4.39 Å². The number of nitriles is 1. The Morgan fingerprint density at radius 1 is 1.11 bits per heavy atom. The Morgan fingerprint density at radius 2 is 1.94 bits per heavy atom. The van der Waals surface area contributed by atoms with E-state index in [2.05, 4.69) is 21.7 Å². The summed E-state index contributed by atoms with van der Waals surface area (Å²) in [6, 6.07) is 20.1. The second kappa shape index (κ2) is 8.57. The molecule has 0 saturated heterocycles. The highest BCUT2D eigenvalue weighted by atomic mass is 32.2. The number of hydrogen-bond donors (Lipinski definition) is 0. The number of nitrogens with zero attached hydrogens (tertiary/aromatic N) is 4. The lowest BCUT2D eigenvalue weighted by atomic mass is 10.00. The summed E-state index contributed by atoms with van der Waals surface area (Å²) < 4.78 is 17.3. The number of carbonyl (C=O) groups is 1. The van der Waals surface area contributed by atoms with E-state index in [1.54, 1.807) is 40.9 Å². The third-order valence-corrected chi connectivity index (χ3v) is 7.67. The van der Waals surface area contributed by atoms with Gasteiger partial charge in [0.05, 0.1) is 11.6 Å². The Morgan fingerprint density at radius 3 is 2.71 bits per heavy atom. The lowest BCUT2D eigenvalue weighted by molar-refractivity contribution is 0.103. The van der Waals surface area contributed by atoms with Crippen molar-refractivity contribution >= 4 is 28.4 Å². The van der Waals surface area contributed by atoms with Crippen LogP contribution in [-0.4, -0.2) is 19.9 Å². The predicted molar refractivity (Wildman–Crippen MR) is 134 cm³/mol. The second-order valence-electron chi connectivity index (χ2n) is 8.43. The van der Waals surface area contributed by atoms with Crippen LogP contribution in [0, 0.1) is 17.1 Å². The third-order valence-electron chi connectivity index (χ3n) is 6.41. The van der Waals surface area contributed by atoms with Crippen molar-refractivity contribution in [2.75, 3.05) is 0 Å². The van der Waals surface area contributed by atoms with Gasteiger partial charge in [-0.15, -0.1) is 11.8 Å². The van der Waals surface area contributed by atoms with Crippen LogP contribution in [0.3, 0.4) is 0 Å². The summed E-state index contributed by atoms with van der Waals surface area (Å²) in [5, 5.41) is 10.3. The van der Waals surface area contributed by atoms with Crippen molar-refractivity contribution in [3.63, 3.8) is 0 Å². The maximum atomic E-state index is 13.8. The summed E-state index contributed by atoms with van der Waals surface area (Å²) >= 11 is 1.77. The van der Waals surface area contributed by atoms with E-state index in [1.807, 2.05) is 42.7 Å². The van der Waals surface area contributed by atoms with E-state index >= 15 is 0 Å². The van der Waals surface area contributed by atoms with Crippen LogP contribution in [0.5, 0.6) is 0 Å². The summed E-state index contributed by atoms with van der Waals surface area (Å²) in [4.78, 5) is 18.0. The highest BCUT2D eigenvalue weighted by Gasteiger charge is 2.30. The minimum Gasteiger partial charge on any atom is -0.333 e. The highest BCUT2D eigenvalue weighted by molar-refractivity contribution is 7.99. The summed E-state index contributed by atoms with van der Waals surface area (Å²) in [6.45, 7) is 0.128.